The van der Waals surface area contributed by atoms with Gasteiger partial charge in [-0.15, -0.1) is 0 Å². The highest BCUT2D eigenvalue weighted by molar-refractivity contribution is 5.70. The molecule has 5 heteroatoms. The Bertz CT molecular complexity index is 1250. The van der Waals surface area contributed by atoms with E-state index in [4.69, 9.17) is 14.2 Å². The lowest BCUT2D eigenvalue weighted by Gasteiger charge is -2.18. The molecule has 0 rings (SSSR count). The highest BCUT2D eigenvalue weighted by Gasteiger charge is 2.17. The largest absolute Gasteiger partial charge is 0.462 e. The number of ether oxygens (including phenoxy) is 3. The molecule has 0 radical (unpaired) electrons. The molecular formula is C63H110O5. The zero-order chi connectivity index (χ0) is 49.2. The maximum atomic E-state index is 12.9. The van der Waals surface area contributed by atoms with Gasteiger partial charge in [0.15, 0.2) is 6.10 Å². The van der Waals surface area contributed by atoms with Crippen LogP contribution in [0.4, 0.5) is 0 Å². The van der Waals surface area contributed by atoms with Crippen LogP contribution in [0.15, 0.2) is 85.1 Å². The van der Waals surface area contributed by atoms with Gasteiger partial charge in [0, 0.05) is 19.4 Å². The third-order valence-electron chi connectivity index (χ3n) is 12.4. The Morgan fingerprint density at radius 2 is 0.691 bits per heavy atom. The number of hydrogen-bond donors (Lipinski definition) is 0. The molecule has 1 unspecified atom stereocenters. The van der Waals surface area contributed by atoms with Crippen molar-refractivity contribution in [3.8, 4) is 0 Å². The van der Waals surface area contributed by atoms with Crippen molar-refractivity contribution >= 4 is 11.9 Å². The van der Waals surface area contributed by atoms with Gasteiger partial charge in [-0.1, -0.05) is 266 Å². The average Bonchev–Trinajstić information content (AvgIpc) is 3.34. The first-order valence-corrected chi connectivity index (χ1v) is 29.1. The van der Waals surface area contributed by atoms with Crippen molar-refractivity contribution in [1.29, 1.82) is 0 Å². The van der Waals surface area contributed by atoms with Gasteiger partial charge in [-0.2, -0.15) is 0 Å². The van der Waals surface area contributed by atoms with Crippen LogP contribution in [0.2, 0.25) is 0 Å². The highest BCUT2D eigenvalue weighted by Crippen LogP contribution is 2.15. The summed E-state index contributed by atoms with van der Waals surface area (Å²) in [5, 5.41) is 0. The van der Waals surface area contributed by atoms with E-state index in [-0.39, 0.29) is 25.2 Å². The SMILES string of the molecule is CC/C=C\C/C=C\C/C=C\C/C=C\C/C=C\C/C=C\CCC(=O)OCC(COCCCCCCCCCCCCCCCCCC)OC(=O)CCCCCCCCC/C=C\CCCCCCCC. The Kier molecular flexibility index (Phi) is 55.9. The molecule has 5 nitrogen and oxygen atoms in total. The smallest absolute Gasteiger partial charge is 0.306 e. The van der Waals surface area contributed by atoms with Gasteiger partial charge in [-0.25, -0.2) is 0 Å². The topological polar surface area (TPSA) is 61.8 Å². The third-order valence-corrected chi connectivity index (χ3v) is 12.4. The first kappa shape index (κ1) is 65.1. The van der Waals surface area contributed by atoms with Crippen LogP contribution >= 0.6 is 0 Å². The maximum absolute atomic E-state index is 12.9. The standard InChI is InChI=1S/C63H110O5/c1-4-7-10-13-16-19-22-25-28-31-32-34-35-38-41-44-47-50-53-56-62(64)67-60-61(59-66-58-55-52-49-46-43-40-37-30-27-24-21-18-15-12-9-6-3)68-63(65)57-54-51-48-45-42-39-36-33-29-26-23-20-17-14-11-8-5-2/h7,10,16,19,25-26,28-29,32,34,38,41,47,50,61H,4-6,8-9,11-15,17-18,20-24,27,30-31,33,35-37,39-40,42-46,48-49,51-60H2,1-3H3/b10-7-,19-16-,28-25-,29-26-,34-32-,41-38-,50-47-. The molecule has 0 aromatic carbocycles. The zero-order valence-corrected chi connectivity index (χ0v) is 45.1. The van der Waals surface area contributed by atoms with Crippen LogP contribution in [0, 0.1) is 0 Å². The van der Waals surface area contributed by atoms with Crippen molar-refractivity contribution in [1.82, 2.24) is 0 Å². The van der Waals surface area contributed by atoms with E-state index in [1.807, 2.05) is 6.08 Å². The molecule has 0 spiro atoms. The van der Waals surface area contributed by atoms with Crippen molar-refractivity contribution in [3.05, 3.63) is 85.1 Å². The second kappa shape index (κ2) is 58.4. The fourth-order valence-corrected chi connectivity index (χ4v) is 8.12. The van der Waals surface area contributed by atoms with Crippen molar-refractivity contribution < 1.29 is 23.8 Å². The molecule has 0 saturated heterocycles. The number of rotatable bonds is 53. The molecule has 0 aliphatic rings. The average molecular weight is 948 g/mol. The molecular weight excluding hydrogens is 837 g/mol. The van der Waals surface area contributed by atoms with E-state index in [9.17, 15) is 9.59 Å². The molecule has 0 saturated carbocycles. The lowest BCUT2D eigenvalue weighted by molar-refractivity contribution is -0.162. The van der Waals surface area contributed by atoms with E-state index < -0.39 is 6.10 Å². The van der Waals surface area contributed by atoms with Crippen molar-refractivity contribution in [3.63, 3.8) is 0 Å². The molecule has 0 amide bonds. The minimum Gasteiger partial charge on any atom is -0.462 e. The third kappa shape index (κ3) is 55.7. The molecule has 0 N–H and O–H groups in total. The lowest BCUT2D eigenvalue weighted by atomic mass is 10.0. The van der Waals surface area contributed by atoms with Gasteiger partial charge in [0.25, 0.3) is 0 Å². The number of carbonyl (C=O) groups is 2. The maximum Gasteiger partial charge on any atom is 0.306 e. The minimum absolute atomic E-state index is 0.0432. The molecule has 68 heavy (non-hydrogen) atoms. The molecule has 0 heterocycles. The number of unbranched alkanes of at least 4 members (excludes halogenated alkanes) is 28. The van der Waals surface area contributed by atoms with E-state index in [0.717, 1.165) is 70.6 Å². The van der Waals surface area contributed by atoms with Crippen LogP contribution in [0.1, 0.15) is 278 Å². The number of carbonyl (C=O) groups excluding carboxylic acids is 2. The van der Waals surface area contributed by atoms with Gasteiger partial charge < -0.3 is 14.2 Å². The summed E-state index contributed by atoms with van der Waals surface area (Å²) in [5.74, 6) is -0.490. The summed E-state index contributed by atoms with van der Waals surface area (Å²) in [6, 6.07) is 0. The molecule has 0 fully saturated rings. The van der Waals surface area contributed by atoms with Crippen LogP contribution < -0.4 is 0 Å². The first-order valence-electron chi connectivity index (χ1n) is 29.1. The summed E-state index contributed by atoms with van der Waals surface area (Å²) >= 11 is 0. The molecule has 0 aliphatic carbocycles. The Labute approximate surface area is 422 Å². The van der Waals surface area contributed by atoms with Gasteiger partial charge in [0.1, 0.15) is 6.61 Å². The molecule has 0 bridgehead atoms. The Hall–Kier alpha value is -2.92. The molecule has 0 aliphatic heterocycles. The fourth-order valence-electron chi connectivity index (χ4n) is 8.12. The van der Waals surface area contributed by atoms with E-state index in [1.54, 1.807) is 0 Å². The summed E-state index contributed by atoms with van der Waals surface area (Å²) in [4.78, 5) is 25.5. The molecule has 392 valence electrons. The van der Waals surface area contributed by atoms with Crippen LogP contribution in [0.25, 0.3) is 0 Å². The Morgan fingerprint density at radius 1 is 0.338 bits per heavy atom. The summed E-state index contributed by atoms with van der Waals surface area (Å²) in [6.07, 6.45) is 77.6. The van der Waals surface area contributed by atoms with Gasteiger partial charge >= 0.3 is 11.9 Å². The molecule has 1 atom stereocenters. The summed E-state index contributed by atoms with van der Waals surface area (Å²) in [6.45, 7) is 7.66. The van der Waals surface area contributed by atoms with E-state index >= 15 is 0 Å². The van der Waals surface area contributed by atoms with E-state index in [1.165, 1.54) is 167 Å². The van der Waals surface area contributed by atoms with Gasteiger partial charge in [-0.3, -0.25) is 9.59 Å². The number of allylic oxidation sites excluding steroid dienone is 14. The number of hydrogen-bond acceptors (Lipinski definition) is 5. The first-order chi connectivity index (χ1) is 33.6. The second-order valence-electron chi connectivity index (χ2n) is 19.2. The Balaban J connectivity index is 4.38. The molecule has 0 aromatic rings. The quantitative estimate of drug-likeness (QED) is 0.0345. The predicted molar refractivity (Wildman–Crippen MR) is 297 cm³/mol. The second-order valence-corrected chi connectivity index (χ2v) is 19.2. The fraction of sp³-hybridized carbons (Fsp3) is 0.746. The zero-order valence-electron chi connectivity index (χ0n) is 45.1. The van der Waals surface area contributed by atoms with E-state index in [2.05, 4.69) is 99.8 Å². The predicted octanol–water partition coefficient (Wildman–Crippen LogP) is 20.0. The van der Waals surface area contributed by atoms with Crippen LogP contribution in [0.3, 0.4) is 0 Å². The number of esters is 2. The van der Waals surface area contributed by atoms with Crippen LogP contribution in [-0.2, 0) is 23.8 Å². The highest BCUT2D eigenvalue weighted by atomic mass is 16.6. The van der Waals surface area contributed by atoms with Crippen molar-refractivity contribution in [2.45, 2.75) is 284 Å². The van der Waals surface area contributed by atoms with Crippen LogP contribution in [-0.4, -0.2) is 37.9 Å². The van der Waals surface area contributed by atoms with Crippen LogP contribution in [0.5, 0.6) is 0 Å². The van der Waals surface area contributed by atoms with E-state index in [0.29, 0.717) is 25.9 Å². The normalized spacial score (nSPS) is 12.8. The van der Waals surface area contributed by atoms with Gasteiger partial charge in [0.05, 0.1) is 6.61 Å². The summed E-state index contributed by atoms with van der Waals surface area (Å²) in [5.41, 5.74) is 0. The summed E-state index contributed by atoms with van der Waals surface area (Å²) < 4.78 is 17.4. The Morgan fingerprint density at radius 3 is 1.12 bits per heavy atom. The monoisotopic (exact) mass is 947 g/mol. The van der Waals surface area contributed by atoms with Gasteiger partial charge in [0.2, 0.25) is 0 Å². The minimum atomic E-state index is -0.571. The van der Waals surface area contributed by atoms with Crippen molar-refractivity contribution in [2.75, 3.05) is 19.8 Å². The lowest BCUT2D eigenvalue weighted by Crippen LogP contribution is -2.30. The van der Waals surface area contributed by atoms with Gasteiger partial charge in [-0.05, 0) is 83.5 Å². The van der Waals surface area contributed by atoms with Crippen molar-refractivity contribution in [2.24, 2.45) is 0 Å². The summed E-state index contributed by atoms with van der Waals surface area (Å²) in [7, 11) is 0. The molecule has 0 aromatic heterocycles.